The first-order valence-corrected chi connectivity index (χ1v) is 5.89. The van der Waals surface area contributed by atoms with Gasteiger partial charge in [-0.05, 0) is 25.0 Å². The monoisotopic (exact) mass is 252 g/mol. The highest BCUT2D eigenvalue weighted by molar-refractivity contribution is 5.90. The van der Waals surface area contributed by atoms with Crippen LogP contribution in [0, 0.1) is 6.92 Å². The molecule has 100 valence electrons. The van der Waals surface area contributed by atoms with Crippen LogP contribution in [0.4, 0.5) is 10.5 Å². The first-order chi connectivity index (χ1) is 8.62. The number of benzene rings is 1. The van der Waals surface area contributed by atoms with E-state index in [1.807, 2.05) is 19.9 Å². The Hall–Kier alpha value is -1.91. The van der Waals surface area contributed by atoms with Crippen molar-refractivity contribution >= 4 is 11.7 Å². The van der Waals surface area contributed by atoms with Crippen molar-refractivity contribution in [2.75, 3.05) is 26.1 Å². The van der Waals surface area contributed by atoms with Gasteiger partial charge in [-0.25, -0.2) is 4.79 Å². The average molecular weight is 252 g/mol. The molecule has 2 N–H and O–H groups in total. The maximum absolute atomic E-state index is 11.6. The van der Waals surface area contributed by atoms with Gasteiger partial charge in [0, 0.05) is 18.3 Å². The standard InChI is InChI=1S/C13H20N2O3/c1-5-6-14-13(16)15-10-8-12(18-4)11(17-3)7-9(10)2/h7-8H,5-6H2,1-4H3,(H2,14,15,16). The molecule has 1 aromatic rings. The van der Waals surface area contributed by atoms with Gasteiger partial charge in [0.15, 0.2) is 11.5 Å². The van der Waals surface area contributed by atoms with Crippen LogP contribution in [0.1, 0.15) is 18.9 Å². The van der Waals surface area contributed by atoms with Gasteiger partial charge >= 0.3 is 6.03 Å². The number of hydrogen-bond acceptors (Lipinski definition) is 3. The zero-order valence-electron chi connectivity index (χ0n) is 11.3. The van der Waals surface area contributed by atoms with Crippen molar-refractivity contribution < 1.29 is 14.3 Å². The van der Waals surface area contributed by atoms with E-state index in [1.54, 1.807) is 20.3 Å². The van der Waals surface area contributed by atoms with E-state index in [-0.39, 0.29) is 6.03 Å². The van der Waals surface area contributed by atoms with Gasteiger partial charge in [-0.1, -0.05) is 6.92 Å². The fourth-order valence-corrected chi connectivity index (χ4v) is 1.52. The third-order valence-corrected chi connectivity index (χ3v) is 2.51. The number of hydrogen-bond donors (Lipinski definition) is 2. The Balaban J connectivity index is 2.85. The molecule has 0 aliphatic carbocycles. The number of rotatable bonds is 5. The molecule has 0 saturated heterocycles. The van der Waals surface area contributed by atoms with Crippen LogP contribution >= 0.6 is 0 Å². The van der Waals surface area contributed by atoms with Crippen molar-refractivity contribution in [3.8, 4) is 11.5 Å². The summed E-state index contributed by atoms with van der Waals surface area (Å²) in [7, 11) is 3.15. The smallest absolute Gasteiger partial charge is 0.319 e. The van der Waals surface area contributed by atoms with E-state index < -0.39 is 0 Å². The van der Waals surface area contributed by atoms with Crippen molar-refractivity contribution in [3.63, 3.8) is 0 Å². The molecule has 2 amide bonds. The van der Waals surface area contributed by atoms with E-state index >= 15 is 0 Å². The van der Waals surface area contributed by atoms with Crippen molar-refractivity contribution in [2.24, 2.45) is 0 Å². The molecule has 1 aromatic carbocycles. The molecule has 0 aliphatic rings. The van der Waals surface area contributed by atoms with Gasteiger partial charge in [-0.2, -0.15) is 0 Å². The zero-order valence-corrected chi connectivity index (χ0v) is 11.3. The first kappa shape index (κ1) is 14.2. The van der Waals surface area contributed by atoms with E-state index in [1.165, 1.54) is 0 Å². The van der Waals surface area contributed by atoms with Gasteiger partial charge < -0.3 is 20.1 Å². The van der Waals surface area contributed by atoms with Crippen LogP contribution in [-0.4, -0.2) is 26.8 Å². The molecule has 0 spiro atoms. The number of nitrogens with one attached hydrogen (secondary N) is 2. The lowest BCUT2D eigenvalue weighted by Gasteiger charge is -2.13. The predicted octanol–water partition coefficient (Wildman–Crippen LogP) is 2.54. The summed E-state index contributed by atoms with van der Waals surface area (Å²) >= 11 is 0. The quantitative estimate of drug-likeness (QED) is 0.846. The molecule has 5 nitrogen and oxygen atoms in total. The Morgan fingerprint density at radius 3 is 2.39 bits per heavy atom. The largest absolute Gasteiger partial charge is 0.493 e. The SMILES string of the molecule is CCCNC(=O)Nc1cc(OC)c(OC)cc1C. The molecule has 18 heavy (non-hydrogen) atoms. The minimum absolute atomic E-state index is 0.216. The summed E-state index contributed by atoms with van der Waals surface area (Å²) in [6.07, 6.45) is 0.901. The van der Waals surface area contributed by atoms with Gasteiger partial charge in [-0.15, -0.1) is 0 Å². The molecule has 0 fully saturated rings. The van der Waals surface area contributed by atoms with Crippen LogP contribution in [-0.2, 0) is 0 Å². The molecule has 0 heterocycles. The average Bonchev–Trinajstić information content (AvgIpc) is 2.38. The summed E-state index contributed by atoms with van der Waals surface area (Å²) in [4.78, 5) is 11.6. The van der Waals surface area contributed by atoms with Gasteiger partial charge in [0.05, 0.1) is 14.2 Å². The fourth-order valence-electron chi connectivity index (χ4n) is 1.52. The second-order valence-corrected chi connectivity index (χ2v) is 3.90. The maximum Gasteiger partial charge on any atom is 0.319 e. The summed E-state index contributed by atoms with van der Waals surface area (Å²) in [5, 5.41) is 5.54. The Morgan fingerprint density at radius 2 is 1.83 bits per heavy atom. The van der Waals surface area contributed by atoms with E-state index in [0.717, 1.165) is 12.0 Å². The number of amides is 2. The van der Waals surface area contributed by atoms with Crippen LogP contribution in [0.3, 0.4) is 0 Å². The lowest BCUT2D eigenvalue weighted by Crippen LogP contribution is -2.29. The Kier molecular flexibility index (Phi) is 5.30. The predicted molar refractivity (Wildman–Crippen MR) is 71.6 cm³/mol. The fraction of sp³-hybridized carbons (Fsp3) is 0.462. The van der Waals surface area contributed by atoms with Gasteiger partial charge in [0.1, 0.15) is 0 Å². The Bertz CT molecular complexity index is 419. The number of methoxy groups -OCH3 is 2. The number of anilines is 1. The summed E-state index contributed by atoms with van der Waals surface area (Å²) < 4.78 is 10.4. The summed E-state index contributed by atoms with van der Waals surface area (Å²) in [5.74, 6) is 1.24. The van der Waals surface area contributed by atoms with Crippen molar-refractivity contribution in [3.05, 3.63) is 17.7 Å². The summed E-state index contributed by atoms with van der Waals surface area (Å²) in [5.41, 5.74) is 1.63. The molecular weight excluding hydrogens is 232 g/mol. The number of urea groups is 1. The number of ether oxygens (including phenoxy) is 2. The van der Waals surface area contributed by atoms with E-state index in [2.05, 4.69) is 10.6 Å². The molecule has 0 aromatic heterocycles. The zero-order chi connectivity index (χ0) is 13.5. The molecule has 0 unspecified atom stereocenters. The first-order valence-electron chi connectivity index (χ1n) is 5.89. The number of carbonyl (C=O) groups excluding carboxylic acids is 1. The topological polar surface area (TPSA) is 59.6 Å². The minimum Gasteiger partial charge on any atom is -0.493 e. The third-order valence-electron chi connectivity index (χ3n) is 2.51. The van der Waals surface area contributed by atoms with Crippen LogP contribution in [0.2, 0.25) is 0 Å². The van der Waals surface area contributed by atoms with Gasteiger partial charge in [-0.3, -0.25) is 0 Å². The third kappa shape index (κ3) is 3.55. The highest BCUT2D eigenvalue weighted by Crippen LogP contribution is 2.32. The van der Waals surface area contributed by atoms with E-state index in [4.69, 9.17) is 9.47 Å². The lowest BCUT2D eigenvalue weighted by atomic mass is 10.1. The highest BCUT2D eigenvalue weighted by Gasteiger charge is 2.10. The molecule has 1 rings (SSSR count). The molecule has 0 saturated carbocycles. The maximum atomic E-state index is 11.6. The number of carbonyl (C=O) groups is 1. The Morgan fingerprint density at radius 1 is 1.22 bits per heavy atom. The second kappa shape index (κ2) is 6.74. The molecule has 0 atom stereocenters. The summed E-state index contributed by atoms with van der Waals surface area (Å²) in [6, 6.07) is 3.36. The van der Waals surface area contributed by atoms with Gasteiger partial charge in [0.25, 0.3) is 0 Å². The molecule has 0 bridgehead atoms. The second-order valence-electron chi connectivity index (χ2n) is 3.90. The van der Waals surface area contributed by atoms with E-state index in [9.17, 15) is 4.79 Å². The normalized spacial score (nSPS) is 9.78. The molecule has 5 heteroatoms. The van der Waals surface area contributed by atoms with E-state index in [0.29, 0.717) is 23.7 Å². The van der Waals surface area contributed by atoms with Crippen LogP contribution in [0.15, 0.2) is 12.1 Å². The lowest BCUT2D eigenvalue weighted by molar-refractivity contribution is 0.252. The van der Waals surface area contributed by atoms with Crippen LogP contribution in [0.5, 0.6) is 11.5 Å². The van der Waals surface area contributed by atoms with Gasteiger partial charge in [0.2, 0.25) is 0 Å². The molecular formula is C13H20N2O3. The van der Waals surface area contributed by atoms with Crippen LogP contribution < -0.4 is 20.1 Å². The minimum atomic E-state index is -0.216. The Labute approximate surface area is 107 Å². The molecule has 0 radical (unpaired) electrons. The van der Waals surface area contributed by atoms with Crippen molar-refractivity contribution in [1.82, 2.24) is 5.32 Å². The summed E-state index contributed by atoms with van der Waals surface area (Å²) in [6.45, 7) is 4.55. The number of aryl methyl sites for hydroxylation is 1. The van der Waals surface area contributed by atoms with Crippen molar-refractivity contribution in [2.45, 2.75) is 20.3 Å². The van der Waals surface area contributed by atoms with Crippen molar-refractivity contribution in [1.29, 1.82) is 0 Å². The highest BCUT2D eigenvalue weighted by atomic mass is 16.5. The van der Waals surface area contributed by atoms with Crippen LogP contribution in [0.25, 0.3) is 0 Å². The molecule has 0 aliphatic heterocycles.